The van der Waals surface area contributed by atoms with Crippen LogP contribution in [0.25, 0.3) is 0 Å². The topological polar surface area (TPSA) is 125 Å². The number of amides is 1. The van der Waals surface area contributed by atoms with E-state index in [4.69, 9.17) is 10.5 Å². The number of esters is 1. The zero-order valence-electron chi connectivity index (χ0n) is 14.6. The van der Waals surface area contributed by atoms with E-state index in [9.17, 15) is 24.1 Å². The van der Waals surface area contributed by atoms with E-state index in [0.717, 1.165) is 6.07 Å². The summed E-state index contributed by atoms with van der Waals surface area (Å²) in [6.45, 7) is 3.07. The highest BCUT2D eigenvalue weighted by Gasteiger charge is 2.23. The Labute approximate surface area is 154 Å². The highest BCUT2D eigenvalue weighted by atomic mass is 19.1. The van der Waals surface area contributed by atoms with Gasteiger partial charge in [-0.25, -0.2) is 9.18 Å². The number of nitrogens with zero attached hydrogens (tertiary/aromatic N) is 1. The molecule has 2 aromatic rings. The third kappa shape index (κ3) is 5.00. The molecule has 142 valence electrons. The van der Waals surface area contributed by atoms with Crippen LogP contribution < -0.4 is 11.1 Å². The molecule has 27 heavy (non-hydrogen) atoms. The first-order valence-electron chi connectivity index (χ1n) is 7.99. The molecule has 8 nitrogen and oxygen atoms in total. The van der Waals surface area contributed by atoms with Crippen LogP contribution in [0.4, 0.5) is 15.8 Å². The minimum absolute atomic E-state index is 0.0875. The monoisotopic (exact) mass is 375 g/mol. The van der Waals surface area contributed by atoms with Gasteiger partial charge in [-0.2, -0.15) is 0 Å². The zero-order chi connectivity index (χ0) is 20.1. The van der Waals surface area contributed by atoms with E-state index in [0.29, 0.717) is 5.56 Å². The van der Waals surface area contributed by atoms with E-state index in [1.165, 1.54) is 43.3 Å². The predicted octanol–water partition coefficient (Wildman–Crippen LogP) is 2.74. The Morgan fingerprint density at radius 3 is 2.41 bits per heavy atom. The number of halogens is 1. The number of nitrogens with one attached hydrogen (secondary N) is 1. The van der Waals surface area contributed by atoms with E-state index >= 15 is 0 Å². The first-order valence-corrected chi connectivity index (χ1v) is 7.99. The summed E-state index contributed by atoms with van der Waals surface area (Å²) in [5, 5.41) is 13.5. The van der Waals surface area contributed by atoms with Gasteiger partial charge in [-0.05, 0) is 43.7 Å². The number of ether oxygens (including phenoxy) is 1. The van der Waals surface area contributed by atoms with Crippen LogP contribution in [0.3, 0.4) is 0 Å². The molecule has 0 bridgehead atoms. The molecule has 2 rings (SSSR count). The standard InChI is InChI=1S/C18H18FN3O5/c1-10(12-3-6-14(19)7-4-12)21-17(23)11(2)27-18(24)13-5-8-15(20)16(9-13)22(25)26/h3-11H,20H2,1-2H3,(H,21,23)/t10-,11+/m1/s1. The second-order valence-electron chi connectivity index (χ2n) is 5.86. The van der Waals surface area contributed by atoms with Crippen LogP contribution in [0.2, 0.25) is 0 Å². The first-order chi connectivity index (χ1) is 12.7. The van der Waals surface area contributed by atoms with Crippen LogP contribution in [0.1, 0.15) is 35.8 Å². The summed E-state index contributed by atoms with van der Waals surface area (Å²) >= 11 is 0. The van der Waals surface area contributed by atoms with Crippen LogP contribution in [0.15, 0.2) is 42.5 Å². The van der Waals surface area contributed by atoms with E-state index in [2.05, 4.69) is 5.32 Å². The summed E-state index contributed by atoms with van der Waals surface area (Å²) in [7, 11) is 0. The molecule has 1 amide bonds. The summed E-state index contributed by atoms with van der Waals surface area (Å²) in [6, 6.07) is 8.66. The largest absolute Gasteiger partial charge is 0.449 e. The number of nitrogens with two attached hydrogens (primary N) is 1. The van der Waals surface area contributed by atoms with Gasteiger partial charge < -0.3 is 15.8 Å². The third-order valence-corrected chi connectivity index (χ3v) is 3.84. The number of carbonyl (C=O) groups is 2. The van der Waals surface area contributed by atoms with Crippen molar-refractivity contribution in [2.24, 2.45) is 0 Å². The molecular weight excluding hydrogens is 357 g/mol. The third-order valence-electron chi connectivity index (χ3n) is 3.84. The van der Waals surface area contributed by atoms with Gasteiger partial charge >= 0.3 is 5.97 Å². The molecule has 9 heteroatoms. The number of nitro benzene ring substituents is 1. The minimum Gasteiger partial charge on any atom is -0.449 e. The summed E-state index contributed by atoms with van der Waals surface area (Å²) in [5.41, 5.74) is 5.55. The lowest BCUT2D eigenvalue weighted by Gasteiger charge is -2.18. The Morgan fingerprint density at radius 2 is 1.81 bits per heavy atom. The molecule has 0 fully saturated rings. The lowest BCUT2D eigenvalue weighted by Crippen LogP contribution is -2.37. The average Bonchev–Trinajstić information content (AvgIpc) is 2.62. The number of hydrogen-bond acceptors (Lipinski definition) is 6. The van der Waals surface area contributed by atoms with Crippen molar-refractivity contribution < 1.29 is 23.6 Å². The second-order valence-corrected chi connectivity index (χ2v) is 5.86. The minimum atomic E-state index is -1.14. The van der Waals surface area contributed by atoms with Crippen molar-refractivity contribution in [1.82, 2.24) is 5.32 Å². The number of nitro groups is 1. The van der Waals surface area contributed by atoms with Gasteiger partial charge in [-0.3, -0.25) is 14.9 Å². The molecule has 2 atom stereocenters. The van der Waals surface area contributed by atoms with Gasteiger partial charge in [0.1, 0.15) is 11.5 Å². The van der Waals surface area contributed by atoms with Crippen molar-refractivity contribution in [2.75, 3.05) is 5.73 Å². The maximum Gasteiger partial charge on any atom is 0.339 e. The maximum atomic E-state index is 13.0. The number of anilines is 1. The summed E-state index contributed by atoms with van der Waals surface area (Å²) in [5.74, 6) is -1.85. The van der Waals surface area contributed by atoms with Crippen molar-refractivity contribution in [1.29, 1.82) is 0 Å². The number of hydrogen-bond donors (Lipinski definition) is 2. The molecule has 0 unspecified atom stereocenters. The van der Waals surface area contributed by atoms with E-state index in [-0.39, 0.29) is 11.3 Å². The Morgan fingerprint density at radius 1 is 1.19 bits per heavy atom. The van der Waals surface area contributed by atoms with Gasteiger partial charge in [0, 0.05) is 6.07 Å². The Hall–Kier alpha value is -3.49. The Balaban J connectivity index is 2.01. The van der Waals surface area contributed by atoms with Crippen molar-refractivity contribution >= 4 is 23.3 Å². The van der Waals surface area contributed by atoms with Crippen LogP contribution in [0, 0.1) is 15.9 Å². The van der Waals surface area contributed by atoms with Crippen molar-refractivity contribution in [2.45, 2.75) is 26.0 Å². The summed E-state index contributed by atoms with van der Waals surface area (Å²) < 4.78 is 18.0. The molecule has 0 aliphatic carbocycles. The quantitative estimate of drug-likeness (QED) is 0.346. The lowest BCUT2D eigenvalue weighted by atomic mass is 10.1. The highest BCUT2D eigenvalue weighted by Crippen LogP contribution is 2.23. The molecule has 3 N–H and O–H groups in total. The molecule has 0 saturated heterocycles. The molecule has 0 aliphatic heterocycles. The van der Waals surface area contributed by atoms with Gasteiger partial charge in [0.15, 0.2) is 6.10 Å². The summed E-state index contributed by atoms with van der Waals surface area (Å²) in [6.07, 6.45) is -1.14. The Bertz CT molecular complexity index is 870. The second kappa shape index (κ2) is 8.26. The average molecular weight is 375 g/mol. The van der Waals surface area contributed by atoms with Crippen molar-refractivity contribution in [3.8, 4) is 0 Å². The summed E-state index contributed by atoms with van der Waals surface area (Å²) in [4.78, 5) is 34.5. The van der Waals surface area contributed by atoms with Crippen LogP contribution in [-0.4, -0.2) is 22.9 Å². The number of rotatable bonds is 6. The highest BCUT2D eigenvalue weighted by molar-refractivity contribution is 5.93. The normalized spacial score (nSPS) is 12.7. The zero-order valence-corrected chi connectivity index (χ0v) is 14.6. The van der Waals surface area contributed by atoms with Crippen LogP contribution >= 0.6 is 0 Å². The Kier molecular flexibility index (Phi) is 6.07. The maximum absolute atomic E-state index is 13.0. The van der Waals surface area contributed by atoms with Gasteiger partial charge in [0.25, 0.3) is 11.6 Å². The number of nitrogen functional groups attached to an aromatic ring is 1. The van der Waals surface area contributed by atoms with Gasteiger partial charge in [-0.15, -0.1) is 0 Å². The SMILES string of the molecule is C[C@H](OC(=O)c1ccc(N)c([N+](=O)[O-])c1)C(=O)N[C@H](C)c1ccc(F)cc1. The van der Waals surface area contributed by atoms with Gasteiger partial charge in [0.05, 0.1) is 16.5 Å². The fraction of sp³-hybridized carbons (Fsp3) is 0.222. The molecule has 0 spiro atoms. The fourth-order valence-corrected chi connectivity index (χ4v) is 2.28. The van der Waals surface area contributed by atoms with Crippen LogP contribution in [0.5, 0.6) is 0 Å². The smallest absolute Gasteiger partial charge is 0.339 e. The van der Waals surface area contributed by atoms with Crippen molar-refractivity contribution in [3.05, 3.63) is 69.5 Å². The first kappa shape index (κ1) is 19.8. The molecule has 2 aromatic carbocycles. The molecule has 0 heterocycles. The number of carbonyl (C=O) groups excluding carboxylic acids is 2. The van der Waals surface area contributed by atoms with E-state index in [1.54, 1.807) is 6.92 Å². The van der Waals surface area contributed by atoms with Crippen LogP contribution in [-0.2, 0) is 9.53 Å². The number of benzene rings is 2. The van der Waals surface area contributed by atoms with Crippen molar-refractivity contribution in [3.63, 3.8) is 0 Å². The predicted molar refractivity (Wildman–Crippen MR) is 95.3 cm³/mol. The van der Waals surface area contributed by atoms with Gasteiger partial charge in [-0.1, -0.05) is 12.1 Å². The van der Waals surface area contributed by atoms with E-state index in [1.807, 2.05) is 0 Å². The molecule has 0 saturated carbocycles. The molecule has 0 radical (unpaired) electrons. The van der Waals surface area contributed by atoms with Gasteiger partial charge in [0.2, 0.25) is 0 Å². The molecule has 0 aromatic heterocycles. The van der Waals surface area contributed by atoms with E-state index < -0.39 is 40.5 Å². The molecule has 0 aliphatic rings. The fourth-order valence-electron chi connectivity index (χ4n) is 2.28. The molecular formula is C18H18FN3O5. The lowest BCUT2D eigenvalue weighted by molar-refractivity contribution is -0.383.